The van der Waals surface area contributed by atoms with Crippen LogP contribution in [0.5, 0.6) is 0 Å². The number of halogens is 3. The van der Waals surface area contributed by atoms with E-state index in [0.717, 1.165) is 0 Å². The van der Waals surface area contributed by atoms with Gasteiger partial charge in [-0.2, -0.15) is 18.4 Å². The van der Waals surface area contributed by atoms with Crippen molar-refractivity contribution in [1.82, 2.24) is 9.88 Å². The number of pyridine rings is 1. The highest BCUT2D eigenvalue weighted by Crippen LogP contribution is 2.37. The highest BCUT2D eigenvalue weighted by atomic mass is 32.1. The molecule has 0 aliphatic carbocycles. The Bertz CT molecular complexity index is 672. The van der Waals surface area contributed by atoms with Gasteiger partial charge in [-0.3, -0.25) is 4.79 Å². The van der Waals surface area contributed by atoms with Crippen LogP contribution in [0.1, 0.15) is 29.3 Å². The van der Waals surface area contributed by atoms with Crippen molar-refractivity contribution in [2.45, 2.75) is 26.1 Å². The molecule has 0 saturated carbocycles. The fraction of sp³-hybridized carbons (Fsp3) is 0.417. The molecule has 4 nitrogen and oxygen atoms in total. The Morgan fingerprint density at radius 2 is 2.15 bits per heavy atom. The van der Waals surface area contributed by atoms with Crippen LogP contribution >= 0.6 is 12.2 Å². The lowest BCUT2D eigenvalue weighted by molar-refractivity contribution is -0.140. The fourth-order valence-electron chi connectivity index (χ4n) is 2.28. The quantitative estimate of drug-likeness (QED) is 0.749. The largest absolute Gasteiger partial charge is 0.418 e. The Morgan fingerprint density at radius 1 is 1.50 bits per heavy atom. The summed E-state index contributed by atoms with van der Waals surface area (Å²) in [5.74, 6) is -0.301. The van der Waals surface area contributed by atoms with Gasteiger partial charge in [0, 0.05) is 37.7 Å². The van der Waals surface area contributed by atoms with E-state index in [1.807, 2.05) is 0 Å². The third-order valence-electron chi connectivity index (χ3n) is 3.23. The SMILES string of the molecule is CC(=O)N1CCc2[nH]c(=S)c(C#N)c(C(F)(F)F)c2C1. The van der Waals surface area contributed by atoms with Crippen LogP contribution in [0.2, 0.25) is 0 Å². The molecule has 0 aromatic carbocycles. The molecule has 1 aromatic rings. The van der Waals surface area contributed by atoms with E-state index < -0.39 is 17.3 Å². The van der Waals surface area contributed by atoms with Crippen molar-refractivity contribution in [3.63, 3.8) is 0 Å². The zero-order valence-electron chi connectivity index (χ0n) is 10.5. The number of carbonyl (C=O) groups is 1. The number of rotatable bonds is 0. The molecule has 0 radical (unpaired) electrons. The summed E-state index contributed by atoms with van der Waals surface area (Å²) in [6.45, 7) is 1.46. The lowest BCUT2D eigenvalue weighted by atomic mass is 9.96. The van der Waals surface area contributed by atoms with Crippen LogP contribution < -0.4 is 0 Å². The van der Waals surface area contributed by atoms with Crippen molar-refractivity contribution in [2.75, 3.05) is 6.54 Å². The molecule has 2 rings (SSSR count). The van der Waals surface area contributed by atoms with E-state index in [-0.39, 0.29) is 29.1 Å². The number of aromatic nitrogens is 1. The fourth-order valence-corrected chi connectivity index (χ4v) is 2.55. The number of nitrogens with one attached hydrogen (secondary N) is 1. The van der Waals surface area contributed by atoms with Crippen molar-refractivity contribution in [3.05, 3.63) is 27.0 Å². The lowest BCUT2D eigenvalue weighted by Gasteiger charge is -2.30. The molecule has 0 fully saturated rings. The number of nitriles is 1. The molecule has 1 N–H and O–H groups in total. The van der Waals surface area contributed by atoms with E-state index in [4.69, 9.17) is 17.5 Å². The number of hydrogen-bond acceptors (Lipinski definition) is 3. The minimum absolute atomic E-state index is 0.0656. The second-order valence-electron chi connectivity index (χ2n) is 4.46. The topological polar surface area (TPSA) is 59.9 Å². The van der Waals surface area contributed by atoms with Crippen LogP contribution in [0.4, 0.5) is 13.2 Å². The average molecular weight is 301 g/mol. The highest BCUT2D eigenvalue weighted by molar-refractivity contribution is 7.71. The number of aromatic amines is 1. The van der Waals surface area contributed by atoms with Crippen LogP contribution in [0, 0.1) is 16.0 Å². The van der Waals surface area contributed by atoms with Gasteiger partial charge in [-0.25, -0.2) is 0 Å². The zero-order valence-corrected chi connectivity index (χ0v) is 11.3. The van der Waals surface area contributed by atoms with Gasteiger partial charge in [0.1, 0.15) is 10.7 Å². The first-order valence-corrected chi connectivity index (χ1v) is 6.17. The Kier molecular flexibility index (Phi) is 3.56. The molecule has 0 unspecified atom stereocenters. The van der Waals surface area contributed by atoms with E-state index in [0.29, 0.717) is 12.2 Å². The monoisotopic (exact) mass is 301 g/mol. The number of nitrogens with zero attached hydrogens (tertiary/aromatic N) is 2. The van der Waals surface area contributed by atoms with Gasteiger partial charge in [0.2, 0.25) is 5.91 Å². The molecule has 1 aliphatic rings. The molecule has 0 bridgehead atoms. The number of hydrogen-bond donors (Lipinski definition) is 1. The molecule has 0 atom stereocenters. The van der Waals surface area contributed by atoms with Gasteiger partial charge in [-0.15, -0.1) is 0 Å². The van der Waals surface area contributed by atoms with Crippen molar-refractivity contribution in [1.29, 1.82) is 5.26 Å². The Hall–Kier alpha value is -1.88. The summed E-state index contributed by atoms with van der Waals surface area (Å²) in [5, 5.41) is 8.92. The van der Waals surface area contributed by atoms with Crippen LogP contribution in [0.25, 0.3) is 0 Å². The summed E-state index contributed by atoms with van der Waals surface area (Å²) in [5.41, 5.74) is -1.33. The first kappa shape index (κ1) is 14.5. The number of H-pyrrole nitrogens is 1. The zero-order chi connectivity index (χ0) is 15.1. The molecular weight excluding hydrogens is 291 g/mol. The van der Waals surface area contributed by atoms with E-state index in [9.17, 15) is 18.0 Å². The number of fused-ring (bicyclic) bond motifs is 1. The standard InChI is InChI=1S/C12H10F3N3OS/c1-6(19)18-3-2-9-8(5-18)10(12(13,14)15)7(4-16)11(20)17-9/h2-3,5H2,1H3,(H,17,20). The molecule has 1 aliphatic heterocycles. The van der Waals surface area contributed by atoms with E-state index >= 15 is 0 Å². The summed E-state index contributed by atoms with van der Waals surface area (Å²) in [6, 6.07) is 1.51. The Balaban J connectivity index is 2.71. The summed E-state index contributed by atoms with van der Waals surface area (Å²) in [4.78, 5) is 15.3. The summed E-state index contributed by atoms with van der Waals surface area (Å²) in [7, 11) is 0. The summed E-state index contributed by atoms with van der Waals surface area (Å²) >= 11 is 4.82. The first-order valence-electron chi connectivity index (χ1n) is 5.76. The molecule has 20 heavy (non-hydrogen) atoms. The summed E-state index contributed by atoms with van der Waals surface area (Å²) in [6.07, 6.45) is -4.43. The minimum atomic E-state index is -4.68. The van der Waals surface area contributed by atoms with Crippen molar-refractivity contribution >= 4 is 18.1 Å². The van der Waals surface area contributed by atoms with Gasteiger partial charge < -0.3 is 9.88 Å². The maximum atomic E-state index is 13.2. The molecule has 106 valence electrons. The maximum absolute atomic E-state index is 13.2. The van der Waals surface area contributed by atoms with E-state index in [2.05, 4.69) is 4.98 Å². The molecule has 0 saturated heterocycles. The summed E-state index contributed by atoms with van der Waals surface area (Å²) < 4.78 is 39.4. The van der Waals surface area contributed by atoms with Crippen molar-refractivity contribution in [2.24, 2.45) is 0 Å². The van der Waals surface area contributed by atoms with Gasteiger partial charge >= 0.3 is 6.18 Å². The predicted molar refractivity (Wildman–Crippen MR) is 66.1 cm³/mol. The highest BCUT2D eigenvalue weighted by Gasteiger charge is 2.39. The second-order valence-corrected chi connectivity index (χ2v) is 4.87. The molecule has 0 spiro atoms. The van der Waals surface area contributed by atoms with E-state index in [1.54, 1.807) is 0 Å². The normalized spacial score (nSPS) is 14.7. The van der Waals surface area contributed by atoms with Crippen LogP contribution in [-0.4, -0.2) is 22.3 Å². The number of carbonyl (C=O) groups excluding carboxylic acids is 1. The number of alkyl halides is 3. The molecule has 1 aromatic heterocycles. The van der Waals surface area contributed by atoms with Gasteiger partial charge in [0.05, 0.1) is 11.1 Å². The van der Waals surface area contributed by atoms with Gasteiger partial charge in [0.25, 0.3) is 0 Å². The Labute approximate surface area is 117 Å². The van der Waals surface area contributed by atoms with E-state index in [1.165, 1.54) is 17.9 Å². The predicted octanol–water partition coefficient (Wildman–Crippen LogP) is 2.54. The molecule has 8 heteroatoms. The number of amides is 1. The smallest absolute Gasteiger partial charge is 0.349 e. The third kappa shape index (κ3) is 2.41. The maximum Gasteiger partial charge on any atom is 0.418 e. The second kappa shape index (κ2) is 4.90. The minimum Gasteiger partial charge on any atom is -0.349 e. The van der Waals surface area contributed by atoms with Gasteiger partial charge in [-0.05, 0) is 0 Å². The molecule has 1 amide bonds. The van der Waals surface area contributed by atoms with Crippen LogP contribution in [-0.2, 0) is 23.9 Å². The van der Waals surface area contributed by atoms with Crippen LogP contribution in [0.15, 0.2) is 0 Å². The molecule has 2 heterocycles. The van der Waals surface area contributed by atoms with Gasteiger partial charge in [0.15, 0.2) is 0 Å². The Morgan fingerprint density at radius 3 is 2.65 bits per heavy atom. The first-order chi connectivity index (χ1) is 9.25. The lowest BCUT2D eigenvalue weighted by Crippen LogP contribution is -2.36. The van der Waals surface area contributed by atoms with Crippen molar-refractivity contribution < 1.29 is 18.0 Å². The van der Waals surface area contributed by atoms with Crippen molar-refractivity contribution in [3.8, 4) is 6.07 Å². The average Bonchev–Trinajstić information content (AvgIpc) is 2.35. The van der Waals surface area contributed by atoms with Gasteiger partial charge in [-0.1, -0.05) is 12.2 Å². The molecular formula is C12H10F3N3OS. The third-order valence-corrected chi connectivity index (χ3v) is 3.54. The van der Waals surface area contributed by atoms with Crippen LogP contribution in [0.3, 0.4) is 0 Å².